The number of methoxy groups -OCH3 is 2. The lowest BCUT2D eigenvalue weighted by molar-refractivity contribution is -0.272. The fraction of sp³-hybridized carbons (Fsp3) is 0.615. The molecule has 1 heterocycles. The Kier molecular flexibility index (Phi) is 4.19. The van der Waals surface area contributed by atoms with Gasteiger partial charge in [0.1, 0.15) is 11.4 Å². The molecule has 4 nitrogen and oxygen atoms in total. The quantitative estimate of drug-likeness (QED) is 0.782. The molecule has 0 amide bonds. The van der Waals surface area contributed by atoms with Gasteiger partial charge in [-0.1, -0.05) is 0 Å². The Bertz CT molecular complexity index is 452. The highest BCUT2D eigenvalue weighted by Gasteiger charge is 2.45. The first kappa shape index (κ1) is 15.1. The van der Waals surface area contributed by atoms with Crippen LogP contribution in [0.4, 0.5) is 13.2 Å². The van der Waals surface area contributed by atoms with Gasteiger partial charge in [-0.3, -0.25) is 4.98 Å². The van der Waals surface area contributed by atoms with Gasteiger partial charge in [0.25, 0.3) is 0 Å². The molecule has 1 fully saturated rings. The van der Waals surface area contributed by atoms with Gasteiger partial charge in [-0.15, -0.1) is 0 Å². The van der Waals surface area contributed by atoms with Crippen LogP contribution in [0.25, 0.3) is 0 Å². The van der Waals surface area contributed by atoms with E-state index in [0.29, 0.717) is 19.4 Å². The molecule has 0 saturated heterocycles. The van der Waals surface area contributed by atoms with Gasteiger partial charge >= 0.3 is 6.18 Å². The van der Waals surface area contributed by atoms with Crippen LogP contribution in [0, 0.1) is 5.92 Å². The van der Waals surface area contributed by atoms with Crippen LogP contribution in [0.2, 0.25) is 0 Å². The minimum atomic E-state index is -4.46. The van der Waals surface area contributed by atoms with E-state index in [0.717, 1.165) is 12.3 Å². The monoisotopic (exact) mass is 291 g/mol. The molecule has 0 atom stereocenters. The van der Waals surface area contributed by atoms with Crippen molar-refractivity contribution >= 4 is 0 Å². The maximum Gasteiger partial charge on any atom is 0.433 e. The second kappa shape index (κ2) is 5.57. The fourth-order valence-corrected chi connectivity index (χ4v) is 2.22. The van der Waals surface area contributed by atoms with Crippen molar-refractivity contribution in [1.29, 1.82) is 0 Å². The highest BCUT2D eigenvalue weighted by Crippen LogP contribution is 2.41. The maximum absolute atomic E-state index is 12.5. The Morgan fingerprint density at radius 1 is 1.30 bits per heavy atom. The first-order valence-electron chi connectivity index (χ1n) is 6.15. The van der Waals surface area contributed by atoms with E-state index in [-0.39, 0.29) is 11.7 Å². The summed E-state index contributed by atoms with van der Waals surface area (Å²) in [6, 6.07) is 2.31. The molecule has 0 unspecified atom stereocenters. The molecule has 0 aromatic carbocycles. The Labute approximate surface area is 114 Å². The number of aromatic nitrogens is 1. The number of halogens is 3. The van der Waals surface area contributed by atoms with Gasteiger partial charge in [0, 0.05) is 45.2 Å². The summed E-state index contributed by atoms with van der Waals surface area (Å²) in [7, 11) is 3.14. The molecule has 1 aromatic heterocycles. The predicted octanol–water partition coefficient (Wildman–Crippen LogP) is 2.88. The van der Waals surface area contributed by atoms with Crippen molar-refractivity contribution in [2.45, 2.75) is 24.8 Å². The second-order valence-electron chi connectivity index (χ2n) is 4.78. The third-order valence-corrected chi connectivity index (χ3v) is 3.45. The van der Waals surface area contributed by atoms with Gasteiger partial charge in [-0.05, 0) is 6.07 Å². The molecule has 112 valence electrons. The molecule has 1 aliphatic carbocycles. The standard InChI is InChI=1S/C13H16F3NO3/c1-18-12(19-2)6-9(7-12)8-20-10-3-4-17-11(5-10)13(14,15)16/h3-5,9H,6-8H2,1-2H3. The van der Waals surface area contributed by atoms with Gasteiger partial charge < -0.3 is 14.2 Å². The number of ether oxygens (including phenoxy) is 3. The van der Waals surface area contributed by atoms with Crippen molar-refractivity contribution in [3.63, 3.8) is 0 Å². The van der Waals surface area contributed by atoms with E-state index in [9.17, 15) is 13.2 Å². The first-order valence-corrected chi connectivity index (χ1v) is 6.15. The summed E-state index contributed by atoms with van der Waals surface area (Å²) in [5, 5.41) is 0. The second-order valence-corrected chi connectivity index (χ2v) is 4.78. The molecule has 0 N–H and O–H groups in total. The molecule has 1 aliphatic rings. The normalized spacial score (nSPS) is 18.6. The van der Waals surface area contributed by atoms with Crippen LogP contribution < -0.4 is 4.74 Å². The van der Waals surface area contributed by atoms with Crippen molar-refractivity contribution < 1.29 is 27.4 Å². The van der Waals surface area contributed by atoms with Gasteiger partial charge in [0.05, 0.1) is 6.61 Å². The predicted molar refractivity (Wildman–Crippen MR) is 64.2 cm³/mol. The lowest BCUT2D eigenvalue weighted by atomic mass is 9.79. The summed E-state index contributed by atoms with van der Waals surface area (Å²) in [5.74, 6) is -0.194. The summed E-state index contributed by atoms with van der Waals surface area (Å²) >= 11 is 0. The van der Waals surface area contributed by atoms with Crippen molar-refractivity contribution in [3.05, 3.63) is 24.0 Å². The van der Waals surface area contributed by atoms with Crippen LogP contribution in [0.3, 0.4) is 0 Å². The summed E-state index contributed by atoms with van der Waals surface area (Å²) in [6.07, 6.45) is -2.04. The Morgan fingerprint density at radius 3 is 2.50 bits per heavy atom. The van der Waals surface area contributed by atoms with E-state index in [2.05, 4.69) is 4.98 Å². The number of nitrogens with zero attached hydrogens (tertiary/aromatic N) is 1. The lowest BCUT2D eigenvalue weighted by Gasteiger charge is -2.44. The molecular formula is C13H16F3NO3. The van der Waals surface area contributed by atoms with Gasteiger partial charge in [0.15, 0.2) is 5.79 Å². The van der Waals surface area contributed by atoms with E-state index >= 15 is 0 Å². The molecule has 0 radical (unpaired) electrons. The average Bonchev–Trinajstić information content (AvgIpc) is 2.37. The number of alkyl halides is 3. The zero-order valence-corrected chi connectivity index (χ0v) is 11.2. The van der Waals surface area contributed by atoms with Crippen LogP contribution in [0.15, 0.2) is 18.3 Å². The summed E-state index contributed by atoms with van der Waals surface area (Å²) < 4.78 is 53.3. The van der Waals surface area contributed by atoms with Gasteiger partial charge in [-0.2, -0.15) is 13.2 Å². The molecule has 0 aliphatic heterocycles. The Balaban J connectivity index is 1.87. The van der Waals surface area contributed by atoms with Crippen LogP contribution in [-0.4, -0.2) is 31.6 Å². The van der Waals surface area contributed by atoms with E-state index in [4.69, 9.17) is 14.2 Å². The molecule has 1 saturated carbocycles. The minimum Gasteiger partial charge on any atom is -0.493 e. The molecule has 0 bridgehead atoms. The van der Waals surface area contributed by atoms with Crippen molar-refractivity contribution in [3.8, 4) is 5.75 Å². The van der Waals surface area contributed by atoms with Crippen molar-refractivity contribution in [1.82, 2.24) is 4.98 Å². The zero-order valence-electron chi connectivity index (χ0n) is 11.2. The summed E-state index contributed by atoms with van der Waals surface area (Å²) in [6.45, 7) is 0.329. The highest BCUT2D eigenvalue weighted by molar-refractivity contribution is 5.24. The molecule has 1 aromatic rings. The average molecular weight is 291 g/mol. The third-order valence-electron chi connectivity index (χ3n) is 3.45. The smallest absolute Gasteiger partial charge is 0.433 e. The van der Waals surface area contributed by atoms with E-state index in [1.54, 1.807) is 14.2 Å². The topological polar surface area (TPSA) is 40.6 Å². The maximum atomic E-state index is 12.5. The van der Waals surface area contributed by atoms with Crippen LogP contribution in [0.5, 0.6) is 5.75 Å². The summed E-state index contributed by atoms with van der Waals surface area (Å²) in [4.78, 5) is 3.28. The minimum absolute atomic E-state index is 0.166. The molecule has 2 rings (SSSR count). The van der Waals surface area contributed by atoms with Crippen molar-refractivity contribution in [2.75, 3.05) is 20.8 Å². The van der Waals surface area contributed by atoms with Crippen LogP contribution in [-0.2, 0) is 15.7 Å². The third kappa shape index (κ3) is 3.21. The number of hydrogen-bond donors (Lipinski definition) is 0. The Morgan fingerprint density at radius 2 is 1.95 bits per heavy atom. The molecular weight excluding hydrogens is 275 g/mol. The summed E-state index contributed by atoms with van der Waals surface area (Å²) in [5.41, 5.74) is -0.952. The SMILES string of the molecule is COC1(OC)CC(COc2ccnc(C(F)(F)F)c2)C1. The molecule has 20 heavy (non-hydrogen) atoms. The molecule has 7 heteroatoms. The fourth-order valence-electron chi connectivity index (χ4n) is 2.22. The number of hydrogen-bond acceptors (Lipinski definition) is 4. The van der Waals surface area contributed by atoms with Gasteiger partial charge in [-0.25, -0.2) is 0 Å². The number of rotatable bonds is 5. The van der Waals surface area contributed by atoms with Crippen LogP contribution in [0.1, 0.15) is 18.5 Å². The van der Waals surface area contributed by atoms with E-state index in [1.165, 1.54) is 6.07 Å². The van der Waals surface area contributed by atoms with E-state index < -0.39 is 17.7 Å². The van der Waals surface area contributed by atoms with Crippen LogP contribution >= 0.6 is 0 Å². The molecule has 0 spiro atoms. The largest absolute Gasteiger partial charge is 0.493 e. The Hall–Kier alpha value is -1.34. The first-order chi connectivity index (χ1) is 9.38. The zero-order chi connectivity index (χ0) is 14.8. The van der Waals surface area contributed by atoms with E-state index in [1.807, 2.05) is 0 Å². The van der Waals surface area contributed by atoms with Gasteiger partial charge in [0.2, 0.25) is 0 Å². The number of pyridine rings is 1. The van der Waals surface area contributed by atoms with Crippen molar-refractivity contribution in [2.24, 2.45) is 5.92 Å². The lowest BCUT2D eigenvalue weighted by Crippen LogP contribution is -2.49. The highest BCUT2D eigenvalue weighted by atomic mass is 19.4.